The molecule has 1 aromatic carbocycles. The van der Waals surface area contributed by atoms with E-state index < -0.39 is 6.10 Å². The number of aryl methyl sites for hydroxylation is 2. The van der Waals surface area contributed by atoms with Gasteiger partial charge in [0.05, 0.1) is 18.8 Å². The fourth-order valence-corrected chi connectivity index (χ4v) is 2.87. The van der Waals surface area contributed by atoms with Gasteiger partial charge < -0.3 is 10.0 Å². The normalized spacial score (nSPS) is 12.3. The van der Waals surface area contributed by atoms with Crippen LogP contribution in [0.15, 0.2) is 48.8 Å². The predicted molar refractivity (Wildman–Crippen MR) is 97.6 cm³/mol. The number of imidazole rings is 1. The minimum atomic E-state index is -0.717. The number of amides is 1. The topological polar surface area (TPSA) is 57.8 Å². The first-order chi connectivity index (χ1) is 12.0. The molecule has 3 rings (SSSR count). The van der Waals surface area contributed by atoms with Crippen molar-refractivity contribution in [1.29, 1.82) is 0 Å². The summed E-state index contributed by atoms with van der Waals surface area (Å²) < 4.78 is 1.80. The molecule has 0 aliphatic rings. The van der Waals surface area contributed by atoms with E-state index in [1.54, 1.807) is 15.5 Å². The summed E-state index contributed by atoms with van der Waals surface area (Å²) in [5, 5.41) is 10.5. The highest BCUT2D eigenvalue weighted by Crippen LogP contribution is 2.17. The zero-order chi connectivity index (χ0) is 18.0. The van der Waals surface area contributed by atoms with E-state index in [-0.39, 0.29) is 12.5 Å². The van der Waals surface area contributed by atoms with E-state index in [1.807, 2.05) is 63.4 Å². The summed E-state index contributed by atoms with van der Waals surface area (Å²) in [6.07, 6.45) is 2.78. The molecule has 0 spiro atoms. The van der Waals surface area contributed by atoms with Crippen LogP contribution < -0.4 is 0 Å². The third-order valence-corrected chi connectivity index (χ3v) is 4.40. The first-order valence-electron chi connectivity index (χ1n) is 8.47. The van der Waals surface area contributed by atoms with Crippen LogP contribution in [0.2, 0.25) is 0 Å². The van der Waals surface area contributed by atoms with Gasteiger partial charge in [0.1, 0.15) is 11.3 Å². The molecule has 2 aromatic heterocycles. The summed E-state index contributed by atoms with van der Waals surface area (Å²) in [7, 11) is 0. The predicted octanol–water partition coefficient (Wildman–Crippen LogP) is 3.15. The number of carbonyl (C=O) groups excluding carboxylic acids is 1. The van der Waals surface area contributed by atoms with Crippen LogP contribution >= 0.6 is 0 Å². The second-order valence-electron chi connectivity index (χ2n) is 6.35. The Kier molecular flexibility index (Phi) is 4.86. The molecule has 1 N–H and O–H groups in total. The molecule has 130 valence electrons. The number of hydrogen-bond acceptors (Lipinski definition) is 3. The maximum Gasteiger partial charge on any atom is 0.272 e. The Morgan fingerprint density at radius 2 is 1.84 bits per heavy atom. The number of benzene rings is 1. The molecule has 0 fully saturated rings. The molecule has 0 radical (unpaired) electrons. The van der Waals surface area contributed by atoms with Gasteiger partial charge in [0, 0.05) is 12.7 Å². The van der Waals surface area contributed by atoms with Gasteiger partial charge in [0.15, 0.2) is 0 Å². The Morgan fingerprint density at radius 3 is 2.52 bits per heavy atom. The largest absolute Gasteiger partial charge is 0.387 e. The van der Waals surface area contributed by atoms with Gasteiger partial charge >= 0.3 is 0 Å². The molecule has 1 unspecified atom stereocenters. The minimum Gasteiger partial charge on any atom is -0.387 e. The van der Waals surface area contributed by atoms with Crippen molar-refractivity contribution in [1.82, 2.24) is 14.3 Å². The molecule has 5 nitrogen and oxygen atoms in total. The fraction of sp³-hybridized carbons (Fsp3) is 0.300. The van der Waals surface area contributed by atoms with E-state index in [1.165, 1.54) is 0 Å². The van der Waals surface area contributed by atoms with Gasteiger partial charge in [-0.15, -0.1) is 0 Å². The van der Waals surface area contributed by atoms with Gasteiger partial charge in [-0.1, -0.05) is 35.9 Å². The number of aliphatic hydroxyl groups is 1. The molecular formula is C20H23N3O2. The third kappa shape index (κ3) is 3.56. The quantitative estimate of drug-likeness (QED) is 0.778. The maximum atomic E-state index is 12.9. The van der Waals surface area contributed by atoms with Crippen LogP contribution in [-0.4, -0.2) is 38.4 Å². The summed E-state index contributed by atoms with van der Waals surface area (Å²) >= 11 is 0. The highest BCUT2D eigenvalue weighted by Gasteiger charge is 2.21. The highest BCUT2D eigenvalue weighted by atomic mass is 16.3. The Labute approximate surface area is 147 Å². The fourth-order valence-electron chi connectivity index (χ4n) is 2.87. The number of aliphatic hydroxyl groups excluding tert-OH is 1. The first kappa shape index (κ1) is 17.2. The molecule has 0 aliphatic heterocycles. The molecule has 0 saturated carbocycles. The van der Waals surface area contributed by atoms with Crippen molar-refractivity contribution >= 4 is 11.6 Å². The summed E-state index contributed by atoms with van der Waals surface area (Å²) in [6.45, 7) is 6.66. The summed E-state index contributed by atoms with van der Waals surface area (Å²) in [6, 6.07) is 11.6. The average molecular weight is 337 g/mol. The lowest BCUT2D eigenvalue weighted by Gasteiger charge is -2.24. The number of pyridine rings is 1. The van der Waals surface area contributed by atoms with E-state index in [4.69, 9.17) is 0 Å². The summed E-state index contributed by atoms with van der Waals surface area (Å²) in [5.74, 6) is -0.133. The van der Waals surface area contributed by atoms with Crippen molar-refractivity contribution in [3.8, 4) is 0 Å². The lowest BCUT2D eigenvalue weighted by atomic mass is 10.1. The molecule has 25 heavy (non-hydrogen) atoms. The van der Waals surface area contributed by atoms with Gasteiger partial charge in [-0.2, -0.15) is 0 Å². The van der Waals surface area contributed by atoms with Crippen molar-refractivity contribution in [2.75, 3.05) is 13.1 Å². The van der Waals surface area contributed by atoms with Crippen molar-refractivity contribution in [2.45, 2.75) is 26.9 Å². The molecule has 2 heterocycles. The Balaban J connectivity index is 1.83. The molecule has 5 heteroatoms. The van der Waals surface area contributed by atoms with E-state index >= 15 is 0 Å². The number of carbonyl (C=O) groups is 1. The van der Waals surface area contributed by atoms with Gasteiger partial charge in [-0.05, 0) is 38.0 Å². The number of likely N-dealkylation sites (N-methyl/N-ethyl adjacent to an activating group) is 1. The van der Waals surface area contributed by atoms with Crippen LogP contribution in [0.5, 0.6) is 0 Å². The monoisotopic (exact) mass is 337 g/mol. The van der Waals surface area contributed by atoms with Gasteiger partial charge in [0.25, 0.3) is 5.91 Å². The van der Waals surface area contributed by atoms with E-state index in [2.05, 4.69) is 4.98 Å². The average Bonchev–Trinajstić information content (AvgIpc) is 3.02. The Morgan fingerprint density at radius 1 is 1.16 bits per heavy atom. The van der Waals surface area contributed by atoms with Crippen molar-refractivity contribution < 1.29 is 9.90 Å². The molecule has 0 aliphatic carbocycles. The second kappa shape index (κ2) is 7.07. The van der Waals surface area contributed by atoms with Gasteiger partial charge in [-0.25, -0.2) is 4.98 Å². The van der Waals surface area contributed by atoms with Crippen molar-refractivity contribution in [3.05, 3.63) is 71.2 Å². The van der Waals surface area contributed by atoms with Gasteiger partial charge in [0.2, 0.25) is 0 Å². The second-order valence-corrected chi connectivity index (χ2v) is 6.35. The maximum absolute atomic E-state index is 12.9. The number of hydrogen-bond donors (Lipinski definition) is 1. The zero-order valence-corrected chi connectivity index (χ0v) is 14.8. The number of rotatable bonds is 5. The number of nitrogens with zero attached hydrogens (tertiary/aromatic N) is 3. The van der Waals surface area contributed by atoms with Crippen LogP contribution in [0.3, 0.4) is 0 Å². The molecule has 1 atom stereocenters. The van der Waals surface area contributed by atoms with E-state index in [0.29, 0.717) is 12.2 Å². The summed E-state index contributed by atoms with van der Waals surface area (Å²) in [4.78, 5) is 18.9. The van der Waals surface area contributed by atoms with E-state index in [0.717, 1.165) is 22.3 Å². The van der Waals surface area contributed by atoms with Crippen LogP contribution in [0, 0.1) is 13.8 Å². The van der Waals surface area contributed by atoms with Gasteiger partial charge in [-0.3, -0.25) is 9.20 Å². The van der Waals surface area contributed by atoms with Crippen LogP contribution in [0.1, 0.15) is 40.2 Å². The van der Waals surface area contributed by atoms with Crippen LogP contribution in [0.4, 0.5) is 0 Å². The SMILES string of the molecule is CCN(CC(O)c1ccc(C)cc1)C(=O)c1cnc2ccc(C)cn12. The van der Waals surface area contributed by atoms with Crippen molar-refractivity contribution in [3.63, 3.8) is 0 Å². The molecule has 1 amide bonds. The van der Waals surface area contributed by atoms with Crippen molar-refractivity contribution in [2.24, 2.45) is 0 Å². The van der Waals surface area contributed by atoms with Crippen LogP contribution in [-0.2, 0) is 0 Å². The molecule has 0 bridgehead atoms. The standard InChI is InChI=1S/C20H23N3O2/c1-4-22(13-18(24)16-8-5-14(2)6-9-16)20(25)17-11-21-19-10-7-15(3)12-23(17)19/h5-12,18,24H,4,13H2,1-3H3. The lowest BCUT2D eigenvalue weighted by Crippen LogP contribution is -2.35. The highest BCUT2D eigenvalue weighted by molar-refractivity contribution is 5.93. The molecule has 3 aromatic rings. The lowest BCUT2D eigenvalue weighted by molar-refractivity contribution is 0.0628. The number of aromatic nitrogens is 2. The number of fused-ring (bicyclic) bond motifs is 1. The third-order valence-electron chi connectivity index (χ3n) is 4.40. The Bertz CT molecular complexity index is 884. The first-order valence-corrected chi connectivity index (χ1v) is 8.47. The molecular weight excluding hydrogens is 314 g/mol. The van der Waals surface area contributed by atoms with E-state index in [9.17, 15) is 9.90 Å². The smallest absolute Gasteiger partial charge is 0.272 e. The molecule has 0 saturated heterocycles. The Hall–Kier alpha value is -2.66. The minimum absolute atomic E-state index is 0.133. The summed E-state index contributed by atoms with van der Waals surface area (Å²) in [5.41, 5.74) is 4.26. The zero-order valence-electron chi connectivity index (χ0n) is 14.8. The van der Waals surface area contributed by atoms with Crippen LogP contribution in [0.25, 0.3) is 5.65 Å².